The van der Waals surface area contributed by atoms with E-state index in [1.54, 1.807) is 6.20 Å². The highest BCUT2D eigenvalue weighted by molar-refractivity contribution is 5.19. The topological polar surface area (TPSA) is 36.4 Å². The maximum atomic E-state index is 10.4. The summed E-state index contributed by atoms with van der Waals surface area (Å²) in [4.78, 5) is 6.24. The van der Waals surface area contributed by atoms with E-state index in [2.05, 4.69) is 9.88 Å². The summed E-state index contributed by atoms with van der Waals surface area (Å²) in [5, 5.41) is 10.4. The fourth-order valence-electron chi connectivity index (χ4n) is 2.09. The van der Waals surface area contributed by atoms with Gasteiger partial charge in [-0.1, -0.05) is 36.4 Å². The third-order valence-corrected chi connectivity index (χ3v) is 3.45. The van der Waals surface area contributed by atoms with Gasteiger partial charge in [0.25, 0.3) is 0 Å². The molecule has 2 aromatic rings. The first-order valence-corrected chi connectivity index (χ1v) is 6.50. The molecule has 0 saturated carbocycles. The Bertz CT molecular complexity index is 487. The van der Waals surface area contributed by atoms with Crippen molar-refractivity contribution in [1.82, 2.24) is 9.88 Å². The lowest BCUT2D eigenvalue weighted by Gasteiger charge is -2.29. The van der Waals surface area contributed by atoms with Crippen LogP contribution in [-0.2, 0) is 6.54 Å². The quantitative estimate of drug-likeness (QED) is 0.893. The summed E-state index contributed by atoms with van der Waals surface area (Å²) >= 11 is 0. The van der Waals surface area contributed by atoms with Gasteiger partial charge in [0.15, 0.2) is 0 Å². The van der Waals surface area contributed by atoms with Crippen LogP contribution in [0.5, 0.6) is 0 Å². The fourth-order valence-corrected chi connectivity index (χ4v) is 2.09. The molecule has 3 heteroatoms. The van der Waals surface area contributed by atoms with Gasteiger partial charge in [-0.25, -0.2) is 0 Å². The monoisotopic (exact) mass is 256 g/mol. The van der Waals surface area contributed by atoms with Gasteiger partial charge in [-0.05, 0) is 31.2 Å². The van der Waals surface area contributed by atoms with Crippen LogP contribution in [-0.4, -0.2) is 28.1 Å². The molecule has 2 unspecified atom stereocenters. The molecule has 100 valence electrons. The Balaban J connectivity index is 2.01. The van der Waals surface area contributed by atoms with Crippen LogP contribution in [0.2, 0.25) is 0 Å². The number of aromatic nitrogens is 1. The largest absolute Gasteiger partial charge is 0.387 e. The molecule has 1 aromatic carbocycles. The predicted octanol–water partition coefficient (Wildman–Crippen LogP) is 2.64. The van der Waals surface area contributed by atoms with Crippen molar-refractivity contribution in [3.05, 3.63) is 66.0 Å². The molecule has 0 spiro atoms. The molecule has 0 saturated heterocycles. The van der Waals surface area contributed by atoms with Crippen LogP contribution in [0.1, 0.15) is 24.2 Å². The molecule has 0 amide bonds. The maximum Gasteiger partial charge on any atom is 0.0942 e. The molecule has 1 N–H and O–H groups in total. The Morgan fingerprint density at radius 2 is 1.89 bits per heavy atom. The van der Waals surface area contributed by atoms with Crippen molar-refractivity contribution in [3.8, 4) is 0 Å². The lowest BCUT2D eigenvalue weighted by molar-refractivity contribution is 0.0688. The van der Waals surface area contributed by atoms with Crippen molar-refractivity contribution in [1.29, 1.82) is 0 Å². The van der Waals surface area contributed by atoms with Crippen molar-refractivity contribution in [2.45, 2.75) is 25.6 Å². The number of likely N-dealkylation sites (N-methyl/N-ethyl adjacent to an activating group) is 1. The Hall–Kier alpha value is -1.71. The number of nitrogens with zero attached hydrogens (tertiary/aromatic N) is 2. The summed E-state index contributed by atoms with van der Waals surface area (Å²) in [6, 6.07) is 13.8. The number of pyridine rings is 1. The zero-order valence-electron chi connectivity index (χ0n) is 11.4. The standard InChI is InChI=1S/C16H20N2O/c1-13(16(19)15-8-4-3-5-9-15)18(2)12-14-7-6-10-17-11-14/h3-11,13,16,19H,12H2,1-2H3. The summed E-state index contributed by atoms with van der Waals surface area (Å²) in [6.45, 7) is 2.81. The summed E-state index contributed by atoms with van der Waals surface area (Å²) < 4.78 is 0. The van der Waals surface area contributed by atoms with Crippen molar-refractivity contribution in [2.75, 3.05) is 7.05 Å². The predicted molar refractivity (Wildman–Crippen MR) is 76.6 cm³/mol. The van der Waals surface area contributed by atoms with Crippen LogP contribution in [0.3, 0.4) is 0 Å². The second kappa shape index (κ2) is 6.45. The molecular weight excluding hydrogens is 236 g/mol. The second-order valence-corrected chi connectivity index (χ2v) is 4.87. The minimum Gasteiger partial charge on any atom is -0.387 e. The molecule has 0 bridgehead atoms. The molecule has 19 heavy (non-hydrogen) atoms. The van der Waals surface area contributed by atoms with Gasteiger partial charge in [0.05, 0.1) is 6.10 Å². The van der Waals surface area contributed by atoms with Crippen molar-refractivity contribution < 1.29 is 5.11 Å². The molecule has 0 fully saturated rings. The number of aliphatic hydroxyl groups excluding tert-OH is 1. The zero-order valence-corrected chi connectivity index (χ0v) is 11.4. The minimum atomic E-state index is -0.483. The fraction of sp³-hybridized carbons (Fsp3) is 0.312. The Kier molecular flexibility index (Phi) is 4.66. The summed E-state index contributed by atoms with van der Waals surface area (Å²) in [6.07, 6.45) is 3.15. The van der Waals surface area contributed by atoms with Crippen LogP contribution in [0, 0.1) is 0 Å². The van der Waals surface area contributed by atoms with Gasteiger partial charge in [-0.3, -0.25) is 9.88 Å². The third-order valence-electron chi connectivity index (χ3n) is 3.45. The molecule has 2 rings (SSSR count). The van der Waals surface area contributed by atoms with E-state index >= 15 is 0 Å². The van der Waals surface area contributed by atoms with E-state index < -0.39 is 6.10 Å². The molecule has 0 aliphatic rings. The van der Waals surface area contributed by atoms with Gasteiger partial charge in [-0.2, -0.15) is 0 Å². The summed E-state index contributed by atoms with van der Waals surface area (Å²) in [7, 11) is 2.02. The van der Waals surface area contributed by atoms with E-state index in [0.29, 0.717) is 0 Å². The molecule has 1 heterocycles. The smallest absolute Gasteiger partial charge is 0.0942 e. The maximum absolute atomic E-state index is 10.4. The van der Waals surface area contributed by atoms with E-state index in [-0.39, 0.29) is 6.04 Å². The second-order valence-electron chi connectivity index (χ2n) is 4.87. The first kappa shape index (κ1) is 13.7. The average molecular weight is 256 g/mol. The Morgan fingerprint density at radius 1 is 1.16 bits per heavy atom. The highest BCUT2D eigenvalue weighted by atomic mass is 16.3. The minimum absolute atomic E-state index is 0.0441. The SMILES string of the molecule is CC(C(O)c1ccccc1)N(C)Cc1cccnc1. The van der Waals surface area contributed by atoms with Crippen molar-refractivity contribution >= 4 is 0 Å². The Morgan fingerprint density at radius 3 is 2.53 bits per heavy atom. The van der Waals surface area contributed by atoms with Gasteiger partial charge in [0.1, 0.15) is 0 Å². The van der Waals surface area contributed by atoms with Gasteiger partial charge in [0.2, 0.25) is 0 Å². The Labute approximate surface area is 114 Å². The highest BCUT2D eigenvalue weighted by Gasteiger charge is 2.20. The number of rotatable bonds is 5. The molecule has 0 aliphatic carbocycles. The van der Waals surface area contributed by atoms with Crippen molar-refractivity contribution in [3.63, 3.8) is 0 Å². The lowest BCUT2D eigenvalue weighted by atomic mass is 10.0. The molecule has 0 aliphatic heterocycles. The van der Waals surface area contributed by atoms with E-state index in [1.165, 1.54) is 0 Å². The number of hydrogen-bond donors (Lipinski definition) is 1. The molecule has 3 nitrogen and oxygen atoms in total. The summed E-state index contributed by atoms with van der Waals surface area (Å²) in [5.74, 6) is 0. The van der Waals surface area contributed by atoms with E-state index in [0.717, 1.165) is 17.7 Å². The number of aliphatic hydroxyl groups is 1. The number of benzene rings is 1. The van der Waals surface area contributed by atoms with Crippen LogP contribution < -0.4 is 0 Å². The molecule has 1 aromatic heterocycles. The first-order chi connectivity index (χ1) is 9.18. The first-order valence-electron chi connectivity index (χ1n) is 6.50. The van der Waals surface area contributed by atoms with Gasteiger partial charge in [-0.15, -0.1) is 0 Å². The van der Waals surface area contributed by atoms with E-state index in [9.17, 15) is 5.11 Å². The van der Waals surface area contributed by atoms with E-state index in [4.69, 9.17) is 0 Å². The average Bonchev–Trinajstić information content (AvgIpc) is 2.47. The molecule has 0 radical (unpaired) electrons. The molecule has 2 atom stereocenters. The van der Waals surface area contributed by atoms with Crippen LogP contribution >= 0.6 is 0 Å². The van der Waals surface area contributed by atoms with Gasteiger partial charge in [0, 0.05) is 25.0 Å². The van der Waals surface area contributed by atoms with Gasteiger partial charge < -0.3 is 5.11 Å². The molecular formula is C16H20N2O. The zero-order chi connectivity index (χ0) is 13.7. The lowest BCUT2D eigenvalue weighted by Crippen LogP contribution is -2.33. The van der Waals surface area contributed by atoms with Crippen LogP contribution in [0.15, 0.2) is 54.9 Å². The third kappa shape index (κ3) is 3.63. The van der Waals surface area contributed by atoms with Gasteiger partial charge >= 0.3 is 0 Å². The summed E-state index contributed by atoms with van der Waals surface area (Å²) in [5.41, 5.74) is 2.10. The highest BCUT2D eigenvalue weighted by Crippen LogP contribution is 2.20. The number of hydrogen-bond acceptors (Lipinski definition) is 3. The van der Waals surface area contributed by atoms with Crippen LogP contribution in [0.25, 0.3) is 0 Å². The normalized spacial score (nSPS) is 14.3. The van der Waals surface area contributed by atoms with Crippen LogP contribution in [0.4, 0.5) is 0 Å². The van der Waals surface area contributed by atoms with Crippen molar-refractivity contribution in [2.24, 2.45) is 0 Å². The van der Waals surface area contributed by atoms with E-state index in [1.807, 2.05) is 62.6 Å².